The molecule has 0 saturated carbocycles. The van der Waals surface area contributed by atoms with Gasteiger partial charge in [-0.05, 0) is 119 Å². The van der Waals surface area contributed by atoms with Gasteiger partial charge in [0.1, 0.15) is 0 Å². The maximum atomic E-state index is 2.54. The lowest BCUT2D eigenvalue weighted by molar-refractivity contribution is 0.563. The lowest BCUT2D eigenvalue weighted by Crippen LogP contribution is -2.40. The van der Waals surface area contributed by atoms with Crippen molar-refractivity contribution >= 4 is 27.6 Å². The highest BCUT2D eigenvalue weighted by Crippen LogP contribution is 2.63. The van der Waals surface area contributed by atoms with Crippen LogP contribution in [0.3, 0.4) is 0 Å². The van der Waals surface area contributed by atoms with Crippen LogP contribution < -0.4 is 0 Å². The highest BCUT2D eigenvalue weighted by atomic mass is 14.5. The standard InChI is InChI=1S/C57H42.C7H8/c1-56(2)48-30-13-15-32-50(48)57(51-33-16-14-31-49(51)56)47-36-35-41(37-46(47)55-40(25-18-34-52(55)57)24-17-21-38-19-5-3-6-20-38)54-44-28-11-9-26-42(44)53(39-22-7-4-8-23-39)43-27-10-12-29-45(43)54;1-7-5-3-2-4-6-7/h3-23,25-37H,24H2,1-2H3;2-6H,1H3/b21-17+;. The van der Waals surface area contributed by atoms with E-state index in [0.29, 0.717) is 0 Å². The zero-order valence-electron chi connectivity index (χ0n) is 36.7. The molecule has 0 aliphatic heterocycles. The van der Waals surface area contributed by atoms with Crippen LogP contribution in [-0.4, -0.2) is 0 Å². The summed E-state index contributed by atoms with van der Waals surface area (Å²) in [6.07, 6.45) is 5.45. The second kappa shape index (κ2) is 16.0. The van der Waals surface area contributed by atoms with Crippen molar-refractivity contribution in [3.8, 4) is 33.4 Å². The van der Waals surface area contributed by atoms with Gasteiger partial charge in [0.15, 0.2) is 0 Å². The van der Waals surface area contributed by atoms with Crippen LogP contribution in [0.25, 0.3) is 61.0 Å². The summed E-state index contributed by atoms with van der Waals surface area (Å²) in [5.74, 6) is 0. The minimum absolute atomic E-state index is 0.143. The molecule has 64 heavy (non-hydrogen) atoms. The van der Waals surface area contributed by atoms with Crippen LogP contribution in [-0.2, 0) is 17.3 Å². The molecule has 0 heterocycles. The lowest BCUT2D eigenvalue weighted by atomic mass is 9.55. The molecule has 0 aromatic heterocycles. The summed E-state index contributed by atoms with van der Waals surface area (Å²) in [5.41, 5.74) is 19.4. The highest BCUT2D eigenvalue weighted by Gasteiger charge is 2.53. The molecule has 10 aromatic rings. The topological polar surface area (TPSA) is 0 Å². The van der Waals surface area contributed by atoms with Crippen molar-refractivity contribution in [1.29, 1.82) is 0 Å². The third-order valence-electron chi connectivity index (χ3n) is 13.9. The number of fused-ring (bicyclic) bond motifs is 11. The molecule has 0 fully saturated rings. The van der Waals surface area contributed by atoms with E-state index < -0.39 is 5.41 Å². The number of hydrogen-bond donors (Lipinski definition) is 0. The van der Waals surface area contributed by atoms with Crippen molar-refractivity contribution in [1.82, 2.24) is 0 Å². The van der Waals surface area contributed by atoms with E-state index in [1.54, 1.807) is 0 Å². The van der Waals surface area contributed by atoms with Gasteiger partial charge in [0.2, 0.25) is 0 Å². The van der Waals surface area contributed by atoms with E-state index in [1.165, 1.54) is 105 Å². The summed E-state index contributed by atoms with van der Waals surface area (Å²) in [6.45, 7) is 6.88. The Labute approximate surface area is 377 Å². The normalized spacial score (nSPS) is 13.8. The van der Waals surface area contributed by atoms with Crippen LogP contribution in [0.5, 0.6) is 0 Å². The van der Waals surface area contributed by atoms with Crippen LogP contribution >= 0.6 is 0 Å². The predicted octanol–water partition coefficient (Wildman–Crippen LogP) is 16.6. The van der Waals surface area contributed by atoms with Crippen molar-refractivity contribution in [2.75, 3.05) is 0 Å². The van der Waals surface area contributed by atoms with Crippen LogP contribution in [0.2, 0.25) is 0 Å². The van der Waals surface area contributed by atoms with Gasteiger partial charge in [0.05, 0.1) is 5.41 Å². The van der Waals surface area contributed by atoms with Gasteiger partial charge in [0.25, 0.3) is 0 Å². The molecule has 2 aliphatic carbocycles. The number of aryl methyl sites for hydroxylation is 1. The van der Waals surface area contributed by atoms with E-state index in [-0.39, 0.29) is 5.41 Å². The Morgan fingerprint density at radius 2 is 0.844 bits per heavy atom. The summed E-state index contributed by atoms with van der Waals surface area (Å²) < 4.78 is 0. The average Bonchev–Trinajstić information content (AvgIpc) is 3.64. The van der Waals surface area contributed by atoms with Crippen molar-refractivity contribution < 1.29 is 0 Å². The molecular formula is C64H50. The molecule has 0 bridgehead atoms. The van der Waals surface area contributed by atoms with Crippen LogP contribution in [0, 0.1) is 6.92 Å². The molecule has 0 nitrogen and oxygen atoms in total. The molecule has 12 rings (SSSR count). The van der Waals surface area contributed by atoms with Gasteiger partial charge < -0.3 is 0 Å². The van der Waals surface area contributed by atoms with Crippen molar-refractivity contribution in [2.24, 2.45) is 0 Å². The number of allylic oxidation sites excluding steroid dienone is 1. The maximum absolute atomic E-state index is 2.54. The molecule has 0 atom stereocenters. The van der Waals surface area contributed by atoms with Crippen molar-refractivity contribution in [3.05, 3.63) is 281 Å². The third-order valence-corrected chi connectivity index (χ3v) is 13.9. The number of hydrogen-bond acceptors (Lipinski definition) is 0. The lowest BCUT2D eigenvalue weighted by Gasteiger charge is -2.46. The molecule has 0 amide bonds. The second-order valence-corrected chi connectivity index (χ2v) is 17.9. The van der Waals surface area contributed by atoms with Crippen molar-refractivity contribution in [3.63, 3.8) is 0 Å². The zero-order valence-corrected chi connectivity index (χ0v) is 36.7. The summed E-state index contributed by atoms with van der Waals surface area (Å²) in [4.78, 5) is 0. The monoisotopic (exact) mass is 818 g/mol. The Kier molecular flexibility index (Phi) is 9.82. The molecule has 0 unspecified atom stereocenters. The van der Waals surface area contributed by atoms with Crippen molar-refractivity contribution in [2.45, 2.75) is 38.0 Å². The van der Waals surface area contributed by atoms with Gasteiger partial charge in [-0.15, -0.1) is 0 Å². The van der Waals surface area contributed by atoms with Crippen LogP contribution in [0.1, 0.15) is 63.9 Å². The van der Waals surface area contributed by atoms with Crippen LogP contribution in [0.4, 0.5) is 0 Å². The molecule has 306 valence electrons. The smallest absolute Gasteiger partial charge is 0.0719 e. The second-order valence-electron chi connectivity index (χ2n) is 17.9. The molecule has 10 aromatic carbocycles. The Balaban J connectivity index is 0.000000598. The van der Waals surface area contributed by atoms with E-state index in [0.717, 1.165) is 6.42 Å². The SMILES string of the molecule is CC1(C)c2ccccc2C2(c3ccc(-c4c5ccccc5c(-c5ccccc5)c5ccccc45)cc3-c3c(C/C=C/c4ccccc4)cccc32)c2ccccc21.Cc1ccccc1. The van der Waals surface area contributed by atoms with Gasteiger partial charge in [-0.2, -0.15) is 0 Å². The zero-order chi connectivity index (χ0) is 43.3. The molecule has 0 saturated heterocycles. The Morgan fingerprint density at radius 3 is 1.39 bits per heavy atom. The Bertz CT molecular complexity index is 3260. The first-order chi connectivity index (χ1) is 31.5. The third kappa shape index (κ3) is 6.28. The van der Waals surface area contributed by atoms with E-state index in [1.807, 2.05) is 18.2 Å². The molecule has 0 N–H and O–H groups in total. The molecule has 0 radical (unpaired) electrons. The van der Waals surface area contributed by atoms with Gasteiger partial charge in [-0.25, -0.2) is 0 Å². The molecule has 0 heteroatoms. The first-order valence-electron chi connectivity index (χ1n) is 22.7. The maximum Gasteiger partial charge on any atom is 0.0719 e. The number of rotatable bonds is 5. The fourth-order valence-electron chi connectivity index (χ4n) is 11.1. The van der Waals surface area contributed by atoms with E-state index in [9.17, 15) is 0 Å². The Morgan fingerprint density at radius 1 is 0.375 bits per heavy atom. The minimum atomic E-state index is -0.452. The summed E-state index contributed by atoms with van der Waals surface area (Å²) in [5, 5.41) is 5.10. The number of benzene rings is 10. The Hall–Kier alpha value is -7.54. The van der Waals surface area contributed by atoms with Crippen LogP contribution in [0.15, 0.2) is 231 Å². The van der Waals surface area contributed by atoms with E-state index in [2.05, 4.69) is 239 Å². The average molecular weight is 819 g/mol. The summed E-state index contributed by atoms with van der Waals surface area (Å²) in [7, 11) is 0. The fourth-order valence-corrected chi connectivity index (χ4v) is 11.1. The minimum Gasteiger partial charge on any atom is -0.0795 e. The molecule has 1 spiro atoms. The predicted molar refractivity (Wildman–Crippen MR) is 272 cm³/mol. The highest BCUT2D eigenvalue weighted by molar-refractivity contribution is 6.21. The van der Waals surface area contributed by atoms with Gasteiger partial charge in [-0.1, -0.05) is 250 Å². The van der Waals surface area contributed by atoms with Gasteiger partial charge in [0, 0.05) is 5.41 Å². The first kappa shape index (κ1) is 39.3. The van der Waals surface area contributed by atoms with Gasteiger partial charge in [-0.3, -0.25) is 0 Å². The first-order valence-corrected chi connectivity index (χ1v) is 22.7. The largest absolute Gasteiger partial charge is 0.0795 e. The van der Waals surface area contributed by atoms with E-state index in [4.69, 9.17) is 0 Å². The summed E-state index contributed by atoms with van der Waals surface area (Å²) in [6, 6.07) is 82.8. The molecular weight excluding hydrogens is 769 g/mol. The molecule has 2 aliphatic rings. The summed E-state index contributed by atoms with van der Waals surface area (Å²) >= 11 is 0. The van der Waals surface area contributed by atoms with Gasteiger partial charge >= 0.3 is 0 Å². The quantitative estimate of drug-likeness (QED) is 0.152. The fraction of sp³-hybridized carbons (Fsp3) is 0.0938. The van der Waals surface area contributed by atoms with E-state index >= 15 is 0 Å².